The lowest BCUT2D eigenvalue weighted by Crippen LogP contribution is -2.58. The van der Waals surface area contributed by atoms with Gasteiger partial charge in [-0.15, -0.1) is 0 Å². The first-order valence-corrected chi connectivity index (χ1v) is 8.66. The summed E-state index contributed by atoms with van der Waals surface area (Å²) in [5.41, 5.74) is -0.909. The van der Waals surface area contributed by atoms with E-state index in [9.17, 15) is 14.4 Å². The molecule has 0 atom stereocenters. The zero-order chi connectivity index (χ0) is 19.1. The number of hydrogen-bond acceptors (Lipinski definition) is 5. The molecule has 2 aliphatic rings. The summed E-state index contributed by atoms with van der Waals surface area (Å²) in [6.45, 7) is 6.15. The van der Waals surface area contributed by atoms with Gasteiger partial charge in [-0.1, -0.05) is 0 Å². The van der Waals surface area contributed by atoms with Gasteiger partial charge in [-0.3, -0.25) is 19.6 Å². The topological polar surface area (TPSA) is 83.1 Å². The molecule has 8 nitrogen and oxygen atoms in total. The van der Waals surface area contributed by atoms with Gasteiger partial charge in [-0.2, -0.15) is 0 Å². The number of carbonyl (C=O) groups is 3. The lowest BCUT2D eigenvalue weighted by molar-refractivity contribution is -0.131. The maximum absolute atomic E-state index is 12.9. The molecule has 0 bridgehead atoms. The third-order valence-electron chi connectivity index (χ3n) is 4.77. The van der Waals surface area contributed by atoms with Crippen LogP contribution in [0, 0.1) is 0 Å². The first-order valence-electron chi connectivity index (χ1n) is 8.66. The Hall–Kier alpha value is -2.64. The Morgan fingerprint density at radius 1 is 1.15 bits per heavy atom. The number of hydrogen-bond donors (Lipinski definition) is 0. The number of pyridine rings is 1. The van der Waals surface area contributed by atoms with Crippen molar-refractivity contribution in [3.63, 3.8) is 0 Å². The Kier molecular flexibility index (Phi) is 4.37. The molecule has 3 heterocycles. The standard InChI is InChI=1S/C18H24N4O4/c1-17(2,3)26-16(25)21-11-7-18(8-12-21)14(23)20(4)15(24)22(18)13-5-9-19-10-6-13/h5-6,9-10H,7-8,11-12H2,1-4H3. The molecule has 3 rings (SSSR count). The number of ether oxygens (including phenoxy) is 1. The van der Waals surface area contributed by atoms with E-state index in [4.69, 9.17) is 4.74 Å². The summed E-state index contributed by atoms with van der Waals surface area (Å²) in [6, 6.07) is 3.07. The van der Waals surface area contributed by atoms with Gasteiger partial charge < -0.3 is 9.64 Å². The van der Waals surface area contributed by atoms with Gasteiger partial charge in [0.1, 0.15) is 11.1 Å². The van der Waals surface area contributed by atoms with Crippen LogP contribution in [0.4, 0.5) is 15.3 Å². The molecule has 2 saturated heterocycles. The van der Waals surface area contributed by atoms with Crippen LogP contribution >= 0.6 is 0 Å². The summed E-state index contributed by atoms with van der Waals surface area (Å²) in [5.74, 6) is -0.233. The molecule has 2 aliphatic heterocycles. The smallest absolute Gasteiger partial charge is 0.410 e. The average Bonchev–Trinajstić information content (AvgIpc) is 2.76. The van der Waals surface area contributed by atoms with Crippen molar-refractivity contribution < 1.29 is 19.1 Å². The predicted molar refractivity (Wildman–Crippen MR) is 94.7 cm³/mol. The summed E-state index contributed by atoms with van der Waals surface area (Å²) < 4.78 is 5.41. The maximum Gasteiger partial charge on any atom is 0.410 e. The minimum atomic E-state index is -0.967. The highest BCUT2D eigenvalue weighted by molar-refractivity contribution is 6.16. The Bertz CT molecular complexity index is 720. The fourth-order valence-electron chi connectivity index (χ4n) is 3.50. The molecule has 26 heavy (non-hydrogen) atoms. The number of likely N-dealkylation sites (tertiary alicyclic amines) is 1. The highest BCUT2D eigenvalue weighted by Crippen LogP contribution is 2.40. The van der Waals surface area contributed by atoms with Crippen molar-refractivity contribution >= 4 is 23.7 Å². The fourth-order valence-corrected chi connectivity index (χ4v) is 3.50. The van der Waals surface area contributed by atoms with Crippen LogP contribution < -0.4 is 4.90 Å². The predicted octanol–water partition coefficient (Wildman–Crippen LogP) is 2.25. The molecule has 8 heteroatoms. The second-order valence-electron chi connectivity index (χ2n) is 7.69. The van der Waals surface area contributed by atoms with Crippen LogP contribution in [0.5, 0.6) is 0 Å². The summed E-state index contributed by atoms with van der Waals surface area (Å²) >= 11 is 0. The lowest BCUT2D eigenvalue weighted by Gasteiger charge is -2.42. The van der Waals surface area contributed by atoms with Gasteiger partial charge in [0.15, 0.2) is 0 Å². The summed E-state index contributed by atoms with van der Waals surface area (Å²) in [6.07, 6.45) is 3.52. The van der Waals surface area contributed by atoms with Crippen LogP contribution in [0.3, 0.4) is 0 Å². The second kappa shape index (κ2) is 6.26. The van der Waals surface area contributed by atoms with E-state index in [0.717, 1.165) is 4.90 Å². The van der Waals surface area contributed by atoms with E-state index in [-0.39, 0.29) is 11.9 Å². The van der Waals surface area contributed by atoms with Crippen molar-refractivity contribution in [1.82, 2.24) is 14.8 Å². The van der Waals surface area contributed by atoms with E-state index in [1.54, 1.807) is 34.3 Å². The molecule has 2 fully saturated rings. The molecule has 1 aromatic heterocycles. The molecule has 140 valence electrons. The van der Waals surface area contributed by atoms with E-state index in [1.165, 1.54) is 7.05 Å². The van der Waals surface area contributed by atoms with Crippen molar-refractivity contribution in [2.75, 3.05) is 25.0 Å². The van der Waals surface area contributed by atoms with Gasteiger partial charge in [-0.25, -0.2) is 9.59 Å². The van der Waals surface area contributed by atoms with Crippen LogP contribution in [0.25, 0.3) is 0 Å². The number of anilines is 1. The van der Waals surface area contributed by atoms with Crippen LogP contribution in [-0.2, 0) is 9.53 Å². The summed E-state index contributed by atoms with van der Waals surface area (Å²) in [4.78, 5) is 46.2. The number of rotatable bonds is 1. The number of aromatic nitrogens is 1. The molecule has 1 spiro atoms. The van der Waals surface area contributed by atoms with Crippen molar-refractivity contribution in [2.24, 2.45) is 0 Å². The first-order chi connectivity index (χ1) is 12.2. The number of likely N-dealkylation sites (N-methyl/N-ethyl adjacent to an activating group) is 1. The number of carbonyl (C=O) groups excluding carboxylic acids is 3. The van der Waals surface area contributed by atoms with Crippen LogP contribution in [0.2, 0.25) is 0 Å². The van der Waals surface area contributed by atoms with E-state index in [0.29, 0.717) is 31.6 Å². The minimum absolute atomic E-state index is 0.233. The molecule has 0 radical (unpaired) electrons. The molecular weight excluding hydrogens is 336 g/mol. The first kappa shape index (κ1) is 18.2. The Balaban J connectivity index is 1.84. The Morgan fingerprint density at radius 2 is 1.73 bits per heavy atom. The quantitative estimate of drug-likeness (QED) is 0.717. The van der Waals surface area contributed by atoms with Gasteiger partial charge in [-0.05, 0) is 45.7 Å². The van der Waals surface area contributed by atoms with Crippen LogP contribution in [0.1, 0.15) is 33.6 Å². The zero-order valence-corrected chi connectivity index (χ0v) is 15.6. The third-order valence-corrected chi connectivity index (χ3v) is 4.77. The number of amides is 4. The van der Waals surface area contributed by atoms with Crippen molar-refractivity contribution in [3.05, 3.63) is 24.5 Å². The average molecular weight is 360 g/mol. The Labute approximate surface area is 152 Å². The molecule has 4 amide bonds. The highest BCUT2D eigenvalue weighted by atomic mass is 16.6. The monoisotopic (exact) mass is 360 g/mol. The van der Waals surface area contributed by atoms with Gasteiger partial charge in [0, 0.05) is 38.2 Å². The molecule has 0 saturated carbocycles. The minimum Gasteiger partial charge on any atom is -0.444 e. The fraction of sp³-hybridized carbons (Fsp3) is 0.556. The van der Waals surface area contributed by atoms with E-state index < -0.39 is 17.2 Å². The van der Waals surface area contributed by atoms with Gasteiger partial charge in [0.05, 0.1) is 0 Å². The number of piperidine rings is 1. The molecular formula is C18H24N4O4. The maximum atomic E-state index is 12.9. The molecule has 0 unspecified atom stereocenters. The van der Waals surface area contributed by atoms with Gasteiger partial charge in [0.2, 0.25) is 0 Å². The van der Waals surface area contributed by atoms with Gasteiger partial charge >= 0.3 is 12.1 Å². The van der Waals surface area contributed by atoms with Crippen LogP contribution in [0.15, 0.2) is 24.5 Å². The largest absolute Gasteiger partial charge is 0.444 e. The lowest BCUT2D eigenvalue weighted by atomic mass is 9.85. The van der Waals surface area contributed by atoms with Crippen LogP contribution in [-0.4, -0.2) is 64.1 Å². The Morgan fingerprint density at radius 3 is 2.27 bits per heavy atom. The molecule has 0 N–H and O–H groups in total. The number of urea groups is 1. The highest BCUT2D eigenvalue weighted by Gasteiger charge is 2.58. The molecule has 0 aromatic carbocycles. The third kappa shape index (κ3) is 3.00. The van der Waals surface area contributed by atoms with E-state index in [2.05, 4.69) is 4.98 Å². The summed E-state index contributed by atoms with van der Waals surface area (Å²) in [7, 11) is 1.49. The van der Waals surface area contributed by atoms with Gasteiger partial charge in [0.25, 0.3) is 5.91 Å². The number of imide groups is 1. The normalized spacial score (nSPS) is 20.1. The van der Waals surface area contributed by atoms with Crippen molar-refractivity contribution in [3.8, 4) is 0 Å². The van der Waals surface area contributed by atoms with Crippen molar-refractivity contribution in [1.29, 1.82) is 0 Å². The SMILES string of the molecule is CN1C(=O)N(c2ccncc2)C2(CCN(C(=O)OC(C)(C)C)CC2)C1=O. The van der Waals surface area contributed by atoms with Crippen molar-refractivity contribution in [2.45, 2.75) is 44.8 Å². The second-order valence-corrected chi connectivity index (χ2v) is 7.69. The van der Waals surface area contributed by atoms with E-state index in [1.807, 2.05) is 20.8 Å². The molecule has 0 aliphatic carbocycles. The molecule has 1 aromatic rings. The number of nitrogens with zero attached hydrogens (tertiary/aromatic N) is 4. The van der Waals surface area contributed by atoms with E-state index >= 15 is 0 Å². The summed E-state index contributed by atoms with van der Waals surface area (Å²) in [5, 5.41) is 0. The zero-order valence-electron chi connectivity index (χ0n) is 15.6.